The highest BCUT2D eigenvalue weighted by Gasteiger charge is 2.07. The molecule has 0 aliphatic rings. The second kappa shape index (κ2) is 7.15. The molecule has 0 radical (unpaired) electrons. The molecule has 1 N–H and O–H groups in total. The van der Waals surface area contributed by atoms with E-state index >= 15 is 0 Å². The maximum Gasteiger partial charge on any atom is 0.253 e. The van der Waals surface area contributed by atoms with Gasteiger partial charge in [-0.3, -0.25) is 9.78 Å². The number of carbonyl (C=O) groups excluding carboxylic acids is 1. The summed E-state index contributed by atoms with van der Waals surface area (Å²) in [5.41, 5.74) is 3.09. The molecule has 0 fully saturated rings. The van der Waals surface area contributed by atoms with E-state index in [4.69, 9.17) is 0 Å². The van der Waals surface area contributed by atoms with E-state index in [2.05, 4.69) is 46.5 Å². The quantitative estimate of drug-likeness (QED) is 0.783. The number of carbonyl (C=O) groups is 1. The Bertz CT molecular complexity index is 782. The Kier molecular flexibility index (Phi) is 4.78. The number of pyridine rings is 1. The molecule has 116 valence electrons. The Balaban J connectivity index is 1.57. The van der Waals surface area contributed by atoms with Gasteiger partial charge in [0.1, 0.15) is 5.01 Å². The van der Waals surface area contributed by atoms with Crippen molar-refractivity contribution < 1.29 is 4.79 Å². The van der Waals surface area contributed by atoms with Gasteiger partial charge in [-0.2, -0.15) is 0 Å². The predicted octanol–water partition coefficient (Wildman–Crippen LogP) is 3.37. The van der Waals surface area contributed by atoms with Crippen molar-refractivity contribution in [3.05, 3.63) is 81.6 Å². The summed E-state index contributed by atoms with van der Waals surface area (Å²) in [6, 6.07) is 12.0. The summed E-state index contributed by atoms with van der Waals surface area (Å²) in [5.74, 6) is -0.131. The van der Waals surface area contributed by atoms with Crippen LogP contribution >= 0.6 is 11.3 Å². The van der Waals surface area contributed by atoms with Gasteiger partial charge in [0, 0.05) is 29.9 Å². The average molecular weight is 323 g/mol. The first-order valence-corrected chi connectivity index (χ1v) is 8.20. The molecule has 2 heterocycles. The van der Waals surface area contributed by atoms with Crippen LogP contribution in [0, 0.1) is 6.92 Å². The van der Waals surface area contributed by atoms with E-state index in [0.29, 0.717) is 12.1 Å². The van der Waals surface area contributed by atoms with Gasteiger partial charge in [-0.05, 0) is 24.6 Å². The Morgan fingerprint density at radius 1 is 1.17 bits per heavy atom. The fourth-order valence-corrected chi connectivity index (χ4v) is 3.07. The lowest BCUT2D eigenvalue weighted by molar-refractivity contribution is 0.0950. The van der Waals surface area contributed by atoms with E-state index in [-0.39, 0.29) is 5.91 Å². The molecule has 2 aromatic heterocycles. The molecule has 0 atom stereocenters. The van der Waals surface area contributed by atoms with Crippen LogP contribution < -0.4 is 5.32 Å². The van der Waals surface area contributed by atoms with Crippen molar-refractivity contribution in [2.45, 2.75) is 19.9 Å². The highest BCUT2D eigenvalue weighted by atomic mass is 32.1. The van der Waals surface area contributed by atoms with Gasteiger partial charge in [-0.1, -0.05) is 29.8 Å². The van der Waals surface area contributed by atoms with Gasteiger partial charge in [0.2, 0.25) is 0 Å². The molecule has 3 rings (SSSR count). The number of benzene rings is 1. The summed E-state index contributed by atoms with van der Waals surface area (Å²) in [6.45, 7) is 2.52. The van der Waals surface area contributed by atoms with Gasteiger partial charge in [-0.15, -0.1) is 11.3 Å². The van der Waals surface area contributed by atoms with Crippen molar-refractivity contribution in [2.24, 2.45) is 0 Å². The molecule has 23 heavy (non-hydrogen) atoms. The van der Waals surface area contributed by atoms with E-state index < -0.39 is 0 Å². The molecule has 5 heteroatoms. The fourth-order valence-electron chi connectivity index (χ4n) is 2.17. The van der Waals surface area contributed by atoms with Crippen molar-refractivity contribution in [1.82, 2.24) is 15.3 Å². The SMILES string of the molecule is Cc1ccc(Cc2cnc(CNC(=O)c3cccnc3)s2)cc1. The molecular formula is C18H17N3OS. The summed E-state index contributed by atoms with van der Waals surface area (Å²) in [6.07, 6.45) is 5.96. The third-order valence-electron chi connectivity index (χ3n) is 3.42. The summed E-state index contributed by atoms with van der Waals surface area (Å²) in [7, 11) is 0. The smallest absolute Gasteiger partial charge is 0.253 e. The normalized spacial score (nSPS) is 10.5. The molecule has 0 spiro atoms. The number of thiazole rings is 1. The van der Waals surface area contributed by atoms with E-state index in [1.165, 1.54) is 16.0 Å². The molecule has 1 amide bonds. The Labute approximate surface area is 139 Å². The standard InChI is InChI=1S/C18H17N3OS/c1-13-4-6-14(7-5-13)9-16-11-20-17(23-16)12-21-18(22)15-3-2-8-19-10-15/h2-8,10-11H,9,12H2,1H3,(H,21,22). The van der Waals surface area contributed by atoms with E-state index in [1.54, 1.807) is 35.9 Å². The second-order valence-electron chi connectivity index (χ2n) is 5.31. The Morgan fingerprint density at radius 3 is 2.74 bits per heavy atom. The number of nitrogens with one attached hydrogen (secondary N) is 1. The van der Waals surface area contributed by atoms with Gasteiger partial charge in [0.15, 0.2) is 0 Å². The minimum Gasteiger partial charge on any atom is -0.345 e. The van der Waals surface area contributed by atoms with Crippen LogP contribution in [0.3, 0.4) is 0 Å². The summed E-state index contributed by atoms with van der Waals surface area (Å²) in [5, 5.41) is 3.78. The lowest BCUT2D eigenvalue weighted by atomic mass is 10.1. The Hall–Kier alpha value is -2.53. The minimum absolute atomic E-state index is 0.131. The Morgan fingerprint density at radius 2 is 2.00 bits per heavy atom. The number of aryl methyl sites for hydroxylation is 1. The van der Waals surface area contributed by atoms with Crippen LogP contribution in [0.1, 0.15) is 31.4 Å². The molecule has 0 bridgehead atoms. The number of hydrogen-bond donors (Lipinski definition) is 1. The van der Waals surface area contributed by atoms with Crippen LogP contribution in [0.25, 0.3) is 0 Å². The van der Waals surface area contributed by atoms with Gasteiger partial charge < -0.3 is 5.32 Å². The maximum absolute atomic E-state index is 12.0. The molecule has 0 aliphatic heterocycles. The van der Waals surface area contributed by atoms with E-state index in [9.17, 15) is 4.79 Å². The minimum atomic E-state index is -0.131. The lowest BCUT2D eigenvalue weighted by Crippen LogP contribution is -2.22. The zero-order valence-corrected chi connectivity index (χ0v) is 13.6. The second-order valence-corrected chi connectivity index (χ2v) is 6.51. The number of rotatable bonds is 5. The molecule has 0 saturated heterocycles. The highest BCUT2D eigenvalue weighted by Crippen LogP contribution is 2.17. The third-order valence-corrected chi connectivity index (χ3v) is 4.42. The first-order valence-electron chi connectivity index (χ1n) is 7.38. The lowest BCUT2D eigenvalue weighted by Gasteiger charge is -2.02. The number of hydrogen-bond acceptors (Lipinski definition) is 4. The van der Waals surface area contributed by atoms with Crippen molar-refractivity contribution in [1.29, 1.82) is 0 Å². The van der Waals surface area contributed by atoms with Gasteiger partial charge >= 0.3 is 0 Å². The van der Waals surface area contributed by atoms with Crippen molar-refractivity contribution in [3.63, 3.8) is 0 Å². The average Bonchev–Trinajstić information content (AvgIpc) is 3.03. The van der Waals surface area contributed by atoms with E-state index in [1.807, 2.05) is 6.20 Å². The molecule has 4 nitrogen and oxygen atoms in total. The summed E-state index contributed by atoms with van der Waals surface area (Å²) >= 11 is 1.63. The van der Waals surface area contributed by atoms with E-state index in [0.717, 1.165) is 11.4 Å². The van der Waals surface area contributed by atoms with Crippen LogP contribution in [-0.4, -0.2) is 15.9 Å². The van der Waals surface area contributed by atoms with Gasteiger partial charge in [0.25, 0.3) is 5.91 Å². The first kappa shape index (κ1) is 15.4. The van der Waals surface area contributed by atoms with Crippen molar-refractivity contribution >= 4 is 17.2 Å². The number of nitrogens with zero attached hydrogens (tertiary/aromatic N) is 2. The zero-order valence-electron chi connectivity index (χ0n) is 12.8. The third kappa shape index (κ3) is 4.23. The molecule has 0 aliphatic carbocycles. The van der Waals surface area contributed by atoms with Crippen LogP contribution in [0.2, 0.25) is 0 Å². The predicted molar refractivity (Wildman–Crippen MR) is 91.5 cm³/mol. The zero-order chi connectivity index (χ0) is 16.1. The highest BCUT2D eigenvalue weighted by molar-refractivity contribution is 7.11. The number of amides is 1. The van der Waals surface area contributed by atoms with Gasteiger partial charge in [0.05, 0.1) is 12.1 Å². The van der Waals surface area contributed by atoms with Crippen LogP contribution in [0.15, 0.2) is 55.0 Å². The fraction of sp³-hybridized carbons (Fsp3) is 0.167. The number of aromatic nitrogens is 2. The summed E-state index contributed by atoms with van der Waals surface area (Å²) in [4.78, 5) is 21.5. The monoisotopic (exact) mass is 323 g/mol. The molecule has 0 saturated carbocycles. The van der Waals surface area contributed by atoms with Crippen molar-refractivity contribution in [2.75, 3.05) is 0 Å². The van der Waals surface area contributed by atoms with Crippen LogP contribution in [0.4, 0.5) is 0 Å². The topological polar surface area (TPSA) is 54.9 Å². The van der Waals surface area contributed by atoms with Crippen molar-refractivity contribution in [3.8, 4) is 0 Å². The van der Waals surface area contributed by atoms with Crippen LogP contribution in [-0.2, 0) is 13.0 Å². The molecule has 1 aromatic carbocycles. The maximum atomic E-state index is 12.0. The van der Waals surface area contributed by atoms with Crippen LogP contribution in [0.5, 0.6) is 0 Å². The summed E-state index contributed by atoms with van der Waals surface area (Å²) < 4.78 is 0. The molecular weight excluding hydrogens is 306 g/mol. The first-order chi connectivity index (χ1) is 11.2. The molecule has 3 aromatic rings. The van der Waals surface area contributed by atoms with Gasteiger partial charge in [-0.25, -0.2) is 4.98 Å². The largest absolute Gasteiger partial charge is 0.345 e. The molecule has 0 unspecified atom stereocenters.